The number of carbonyl (C=O) groups is 1. The van der Waals surface area contributed by atoms with Crippen molar-refractivity contribution in [2.24, 2.45) is 7.05 Å². The third-order valence-corrected chi connectivity index (χ3v) is 4.50. The van der Waals surface area contributed by atoms with Gasteiger partial charge >= 0.3 is 0 Å². The third-order valence-electron chi connectivity index (χ3n) is 4.50. The summed E-state index contributed by atoms with van der Waals surface area (Å²) in [4.78, 5) is 14.6. The highest BCUT2D eigenvalue weighted by molar-refractivity contribution is 5.95. The molecule has 2 atom stereocenters. The molecule has 0 saturated carbocycles. The zero-order chi connectivity index (χ0) is 18.0. The van der Waals surface area contributed by atoms with Gasteiger partial charge in [0.2, 0.25) is 5.76 Å². The van der Waals surface area contributed by atoms with E-state index >= 15 is 0 Å². The van der Waals surface area contributed by atoms with E-state index in [9.17, 15) is 4.79 Å². The van der Waals surface area contributed by atoms with Gasteiger partial charge in [0.1, 0.15) is 11.8 Å². The number of ether oxygens (including phenoxy) is 1. The summed E-state index contributed by atoms with van der Waals surface area (Å²) in [6.07, 6.45) is 1.56. The van der Waals surface area contributed by atoms with Crippen LogP contribution in [0.4, 0.5) is 0 Å². The number of hydrogen-bond acceptors (Lipinski definition) is 6. The maximum absolute atomic E-state index is 12.4. The summed E-state index contributed by atoms with van der Waals surface area (Å²) in [5, 5.41) is 16.0. The standard InChI is InChI=1S/C17H21N5O3/c1-11-13(8-12(9-18)25-11)17(23)19-10-15-16(21(2)6-7-24-15)14-4-5-20-22(14)3/h4-5,8,15-16H,6-7,10H2,1-3H3,(H,19,23)/t15-,16-/m0/s1. The van der Waals surface area contributed by atoms with E-state index in [1.807, 2.05) is 30.9 Å². The van der Waals surface area contributed by atoms with Crippen LogP contribution in [-0.2, 0) is 11.8 Å². The Bertz CT molecular complexity index is 804. The molecule has 3 heterocycles. The first-order chi connectivity index (χ1) is 12.0. The number of likely N-dealkylation sites (N-methyl/N-ethyl adjacent to an activating group) is 1. The minimum atomic E-state index is -0.275. The number of aryl methyl sites for hydroxylation is 2. The Morgan fingerprint density at radius 2 is 2.32 bits per heavy atom. The maximum Gasteiger partial charge on any atom is 0.254 e. The highest BCUT2D eigenvalue weighted by Crippen LogP contribution is 2.27. The SMILES string of the molecule is Cc1oc(C#N)cc1C(=O)NC[C@@H]1OCCN(C)[C@H]1c1ccnn1C. The van der Waals surface area contributed by atoms with Gasteiger partial charge in [0.15, 0.2) is 0 Å². The van der Waals surface area contributed by atoms with Crippen molar-refractivity contribution in [2.45, 2.75) is 19.1 Å². The van der Waals surface area contributed by atoms with Crippen molar-refractivity contribution in [1.29, 1.82) is 5.26 Å². The Balaban J connectivity index is 1.72. The van der Waals surface area contributed by atoms with Gasteiger partial charge in [-0.3, -0.25) is 14.4 Å². The number of hydrogen-bond donors (Lipinski definition) is 1. The minimum Gasteiger partial charge on any atom is -0.450 e. The Hall–Kier alpha value is -2.63. The molecule has 25 heavy (non-hydrogen) atoms. The van der Waals surface area contributed by atoms with Crippen LogP contribution in [0.1, 0.15) is 33.6 Å². The summed E-state index contributed by atoms with van der Waals surface area (Å²) in [6, 6.07) is 5.32. The fourth-order valence-electron chi connectivity index (χ4n) is 3.17. The number of aromatic nitrogens is 2. The van der Waals surface area contributed by atoms with Crippen molar-refractivity contribution < 1.29 is 13.9 Å². The molecule has 1 N–H and O–H groups in total. The smallest absolute Gasteiger partial charge is 0.254 e. The molecule has 0 radical (unpaired) electrons. The van der Waals surface area contributed by atoms with E-state index in [-0.39, 0.29) is 23.8 Å². The average Bonchev–Trinajstić information content (AvgIpc) is 3.18. The second kappa shape index (κ2) is 7.09. The summed E-state index contributed by atoms with van der Waals surface area (Å²) in [5.41, 5.74) is 1.41. The molecule has 8 nitrogen and oxygen atoms in total. The van der Waals surface area contributed by atoms with Gasteiger partial charge in [-0.15, -0.1) is 0 Å². The molecule has 1 aliphatic rings. The van der Waals surface area contributed by atoms with Crippen molar-refractivity contribution in [3.8, 4) is 6.07 Å². The molecule has 1 aliphatic heterocycles. The fraction of sp³-hybridized carbons (Fsp3) is 0.471. The van der Waals surface area contributed by atoms with E-state index in [4.69, 9.17) is 14.4 Å². The van der Waals surface area contributed by atoms with E-state index in [0.29, 0.717) is 24.5 Å². The largest absolute Gasteiger partial charge is 0.450 e. The third kappa shape index (κ3) is 3.43. The van der Waals surface area contributed by atoms with Gasteiger partial charge in [0.05, 0.1) is 30.0 Å². The van der Waals surface area contributed by atoms with Crippen LogP contribution in [0, 0.1) is 18.3 Å². The first-order valence-corrected chi connectivity index (χ1v) is 8.09. The van der Waals surface area contributed by atoms with Crippen molar-refractivity contribution in [3.63, 3.8) is 0 Å². The molecule has 1 amide bonds. The van der Waals surface area contributed by atoms with Crippen LogP contribution < -0.4 is 5.32 Å². The van der Waals surface area contributed by atoms with Crippen LogP contribution in [0.25, 0.3) is 0 Å². The molecule has 2 aromatic rings. The molecule has 8 heteroatoms. The van der Waals surface area contributed by atoms with Gasteiger partial charge < -0.3 is 14.5 Å². The molecule has 1 fully saturated rings. The van der Waals surface area contributed by atoms with Gasteiger partial charge in [-0.25, -0.2) is 0 Å². The Morgan fingerprint density at radius 1 is 1.52 bits per heavy atom. The zero-order valence-corrected chi connectivity index (χ0v) is 14.5. The number of carbonyl (C=O) groups excluding carboxylic acids is 1. The number of amides is 1. The summed E-state index contributed by atoms with van der Waals surface area (Å²) in [7, 11) is 3.93. The first-order valence-electron chi connectivity index (χ1n) is 8.09. The molecule has 2 aromatic heterocycles. The van der Waals surface area contributed by atoms with Gasteiger partial charge in [0.25, 0.3) is 5.91 Å². The number of nitriles is 1. The predicted octanol–water partition coefficient (Wildman–Crippen LogP) is 0.995. The van der Waals surface area contributed by atoms with Gasteiger partial charge in [-0.2, -0.15) is 10.4 Å². The molecule has 132 valence electrons. The molecule has 0 bridgehead atoms. The number of nitrogens with one attached hydrogen (secondary N) is 1. The Morgan fingerprint density at radius 3 is 2.96 bits per heavy atom. The van der Waals surface area contributed by atoms with Gasteiger partial charge in [0, 0.05) is 32.4 Å². The number of morpholine rings is 1. The number of rotatable bonds is 4. The highest BCUT2D eigenvalue weighted by Gasteiger charge is 2.33. The molecular weight excluding hydrogens is 322 g/mol. The summed E-state index contributed by atoms with van der Waals surface area (Å²) in [5.74, 6) is 0.284. The zero-order valence-electron chi connectivity index (χ0n) is 14.5. The summed E-state index contributed by atoms with van der Waals surface area (Å²) >= 11 is 0. The number of nitrogens with zero attached hydrogens (tertiary/aromatic N) is 4. The summed E-state index contributed by atoms with van der Waals surface area (Å²) in [6.45, 7) is 3.44. The topological polar surface area (TPSA) is 96.3 Å². The van der Waals surface area contributed by atoms with Crippen molar-refractivity contribution in [1.82, 2.24) is 20.0 Å². The average molecular weight is 343 g/mol. The molecule has 0 unspecified atom stereocenters. The van der Waals surface area contributed by atoms with Crippen molar-refractivity contribution in [3.05, 3.63) is 41.1 Å². The summed E-state index contributed by atoms with van der Waals surface area (Å²) < 4.78 is 12.9. The van der Waals surface area contributed by atoms with Crippen molar-refractivity contribution in [2.75, 3.05) is 26.7 Å². The lowest BCUT2D eigenvalue weighted by atomic mass is 10.0. The minimum absolute atomic E-state index is 0.00154. The van der Waals surface area contributed by atoms with Crippen LogP contribution in [0.3, 0.4) is 0 Å². The van der Waals surface area contributed by atoms with Gasteiger partial charge in [-0.05, 0) is 20.0 Å². The normalized spacial score (nSPS) is 21.0. The molecular formula is C17H21N5O3. The molecule has 1 saturated heterocycles. The highest BCUT2D eigenvalue weighted by atomic mass is 16.5. The van der Waals surface area contributed by atoms with E-state index in [1.54, 1.807) is 13.1 Å². The van der Waals surface area contributed by atoms with E-state index < -0.39 is 0 Å². The van der Waals surface area contributed by atoms with Crippen molar-refractivity contribution >= 4 is 5.91 Å². The monoisotopic (exact) mass is 343 g/mol. The molecule has 0 aromatic carbocycles. The van der Waals surface area contributed by atoms with E-state index in [0.717, 1.165) is 12.2 Å². The molecule has 0 aliphatic carbocycles. The Kier molecular flexibility index (Phi) is 4.88. The maximum atomic E-state index is 12.4. The van der Waals surface area contributed by atoms with Crippen LogP contribution >= 0.6 is 0 Å². The number of furan rings is 1. The van der Waals surface area contributed by atoms with Crippen LogP contribution in [0.15, 0.2) is 22.7 Å². The lowest BCUT2D eigenvalue weighted by Gasteiger charge is -2.39. The van der Waals surface area contributed by atoms with E-state index in [1.165, 1.54) is 6.07 Å². The molecule has 3 rings (SSSR count). The van der Waals surface area contributed by atoms with Gasteiger partial charge in [-0.1, -0.05) is 0 Å². The Labute approximate surface area is 146 Å². The van der Waals surface area contributed by atoms with Crippen LogP contribution in [-0.4, -0.2) is 53.4 Å². The van der Waals surface area contributed by atoms with E-state index in [2.05, 4.69) is 15.3 Å². The van der Waals surface area contributed by atoms with Crippen LogP contribution in [0.5, 0.6) is 0 Å². The quantitative estimate of drug-likeness (QED) is 0.889. The molecule has 0 spiro atoms. The first kappa shape index (κ1) is 17.2. The van der Waals surface area contributed by atoms with Crippen LogP contribution in [0.2, 0.25) is 0 Å². The second-order valence-electron chi connectivity index (χ2n) is 6.12. The fourth-order valence-corrected chi connectivity index (χ4v) is 3.17. The second-order valence-corrected chi connectivity index (χ2v) is 6.12. The predicted molar refractivity (Wildman–Crippen MR) is 88.8 cm³/mol. The lowest BCUT2D eigenvalue weighted by Crippen LogP contribution is -2.48. The lowest BCUT2D eigenvalue weighted by molar-refractivity contribution is -0.0629.